The fourth-order valence-corrected chi connectivity index (χ4v) is 2.67. The van der Waals surface area contributed by atoms with E-state index in [1.54, 1.807) is 0 Å². The standard InChI is InChI=1S/C15H23N2O/c1-4-12-10-13(5-2)16(3)11-14(12)15(18)17-8-6-7-9-17/h10-11H,4-9H2,1-3H3/q+1. The molecular formula is C15H23N2O+. The smallest absolute Gasteiger partial charge is 0.260 e. The van der Waals surface area contributed by atoms with E-state index in [0.717, 1.165) is 44.3 Å². The zero-order valence-corrected chi connectivity index (χ0v) is 11.7. The van der Waals surface area contributed by atoms with E-state index in [2.05, 4.69) is 24.5 Å². The predicted octanol–water partition coefficient (Wildman–Crippen LogP) is 1.87. The fourth-order valence-electron chi connectivity index (χ4n) is 2.67. The first-order chi connectivity index (χ1) is 8.67. The molecule has 0 unspecified atom stereocenters. The highest BCUT2D eigenvalue weighted by Crippen LogP contribution is 2.16. The van der Waals surface area contributed by atoms with Crippen LogP contribution in [0.2, 0.25) is 0 Å². The van der Waals surface area contributed by atoms with Gasteiger partial charge in [-0.3, -0.25) is 4.79 Å². The lowest BCUT2D eigenvalue weighted by atomic mass is 10.0. The Morgan fingerprint density at radius 3 is 2.50 bits per heavy atom. The molecule has 1 amide bonds. The predicted molar refractivity (Wildman–Crippen MR) is 71.5 cm³/mol. The average Bonchev–Trinajstić information content (AvgIpc) is 2.91. The highest BCUT2D eigenvalue weighted by Gasteiger charge is 2.24. The lowest BCUT2D eigenvalue weighted by molar-refractivity contribution is -0.679. The van der Waals surface area contributed by atoms with Gasteiger partial charge in [0.05, 0.1) is 0 Å². The Hall–Kier alpha value is -1.38. The normalized spacial score (nSPS) is 15.2. The van der Waals surface area contributed by atoms with E-state index in [0.29, 0.717) is 0 Å². The Balaban J connectivity index is 2.36. The van der Waals surface area contributed by atoms with Crippen molar-refractivity contribution in [1.82, 2.24) is 4.90 Å². The van der Waals surface area contributed by atoms with Gasteiger partial charge in [-0.15, -0.1) is 0 Å². The fraction of sp³-hybridized carbons (Fsp3) is 0.600. The van der Waals surface area contributed by atoms with Gasteiger partial charge in [-0.25, -0.2) is 4.57 Å². The summed E-state index contributed by atoms with van der Waals surface area (Å²) in [7, 11) is 2.03. The van der Waals surface area contributed by atoms with Crippen molar-refractivity contribution in [3.05, 3.63) is 29.1 Å². The van der Waals surface area contributed by atoms with Gasteiger partial charge in [-0.05, 0) is 24.8 Å². The summed E-state index contributed by atoms with van der Waals surface area (Å²) < 4.78 is 2.09. The van der Waals surface area contributed by atoms with Crippen molar-refractivity contribution in [2.45, 2.75) is 39.5 Å². The van der Waals surface area contributed by atoms with Crippen LogP contribution >= 0.6 is 0 Å². The molecule has 3 nitrogen and oxygen atoms in total. The monoisotopic (exact) mass is 247 g/mol. The maximum absolute atomic E-state index is 12.5. The number of carbonyl (C=O) groups excluding carboxylic acids is 1. The molecule has 0 spiro atoms. The molecule has 1 saturated heterocycles. The van der Waals surface area contributed by atoms with Gasteiger partial charge in [0.2, 0.25) is 0 Å². The third kappa shape index (κ3) is 2.40. The van der Waals surface area contributed by atoms with E-state index in [-0.39, 0.29) is 5.91 Å². The number of nitrogens with zero attached hydrogens (tertiary/aromatic N) is 2. The average molecular weight is 247 g/mol. The quantitative estimate of drug-likeness (QED) is 0.748. The summed E-state index contributed by atoms with van der Waals surface area (Å²) in [5.41, 5.74) is 3.35. The van der Waals surface area contributed by atoms with Crippen LogP contribution in [0.3, 0.4) is 0 Å². The van der Waals surface area contributed by atoms with Crippen LogP contribution in [-0.2, 0) is 19.9 Å². The van der Waals surface area contributed by atoms with Crippen molar-refractivity contribution in [2.75, 3.05) is 13.1 Å². The minimum absolute atomic E-state index is 0.211. The Morgan fingerprint density at radius 2 is 1.94 bits per heavy atom. The van der Waals surface area contributed by atoms with Crippen LogP contribution in [-0.4, -0.2) is 23.9 Å². The lowest BCUT2D eigenvalue weighted by Gasteiger charge is -2.16. The largest absolute Gasteiger partial charge is 0.338 e. The molecule has 1 aliphatic rings. The van der Waals surface area contributed by atoms with Crippen molar-refractivity contribution in [2.24, 2.45) is 7.05 Å². The van der Waals surface area contributed by atoms with Crippen LogP contribution in [0.15, 0.2) is 12.3 Å². The zero-order valence-electron chi connectivity index (χ0n) is 11.7. The van der Waals surface area contributed by atoms with Crippen molar-refractivity contribution in [3.63, 3.8) is 0 Å². The first-order valence-electron chi connectivity index (χ1n) is 6.98. The second-order valence-corrected chi connectivity index (χ2v) is 5.02. The van der Waals surface area contributed by atoms with Gasteiger partial charge in [0.15, 0.2) is 11.9 Å². The van der Waals surface area contributed by atoms with E-state index in [1.165, 1.54) is 11.3 Å². The topological polar surface area (TPSA) is 24.2 Å². The van der Waals surface area contributed by atoms with E-state index in [1.807, 2.05) is 18.1 Å². The highest BCUT2D eigenvalue weighted by atomic mass is 16.2. The SMILES string of the molecule is CCc1cc(CC)[n+](C)cc1C(=O)N1CCCC1. The van der Waals surface area contributed by atoms with E-state index in [4.69, 9.17) is 0 Å². The number of hydrogen-bond acceptors (Lipinski definition) is 1. The minimum atomic E-state index is 0.211. The molecule has 0 saturated carbocycles. The van der Waals surface area contributed by atoms with Crippen LogP contribution in [0, 0.1) is 0 Å². The van der Waals surface area contributed by atoms with Gasteiger partial charge in [0.25, 0.3) is 5.91 Å². The molecule has 2 rings (SSSR count). The minimum Gasteiger partial charge on any atom is -0.338 e. The number of carbonyl (C=O) groups is 1. The summed E-state index contributed by atoms with van der Waals surface area (Å²) in [4.78, 5) is 14.5. The van der Waals surface area contributed by atoms with Crippen molar-refractivity contribution in [1.29, 1.82) is 0 Å². The molecule has 1 aromatic rings. The summed E-state index contributed by atoms with van der Waals surface area (Å²) in [5.74, 6) is 0.211. The molecule has 1 fully saturated rings. The number of aromatic nitrogens is 1. The molecule has 3 heteroatoms. The number of rotatable bonds is 3. The molecule has 1 aromatic heterocycles. The maximum Gasteiger partial charge on any atom is 0.260 e. The van der Waals surface area contributed by atoms with Crippen molar-refractivity contribution in [3.8, 4) is 0 Å². The molecule has 0 atom stereocenters. The highest BCUT2D eigenvalue weighted by molar-refractivity contribution is 5.95. The van der Waals surface area contributed by atoms with Crippen LogP contribution in [0.1, 0.15) is 48.3 Å². The second-order valence-electron chi connectivity index (χ2n) is 5.02. The molecule has 2 heterocycles. The number of amides is 1. The molecule has 1 aliphatic heterocycles. The van der Waals surface area contributed by atoms with E-state index in [9.17, 15) is 4.79 Å². The van der Waals surface area contributed by atoms with E-state index >= 15 is 0 Å². The maximum atomic E-state index is 12.5. The molecule has 0 bridgehead atoms. The number of aryl methyl sites for hydroxylation is 3. The first kappa shape index (κ1) is 13.1. The van der Waals surface area contributed by atoms with Gasteiger partial charge < -0.3 is 4.90 Å². The van der Waals surface area contributed by atoms with Gasteiger partial charge >= 0.3 is 0 Å². The van der Waals surface area contributed by atoms with Crippen LogP contribution < -0.4 is 4.57 Å². The lowest BCUT2D eigenvalue weighted by Crippen LogP contribution is -2.37. The van der Waals surface area contributed by atoms with E-state index < -0.39 is 0 Å². The summed E-state index contributed by atoms with van der Waals surface area (Å²) in [6.07, 6.45) is 6.22. The van der Waals surface area contributed by atoms with Crippen molar-refractivity contribution < 1.29 is 9.36 Å². The molecule has 98 valence electrons. The Kier molecular flexibility index (Phi) is 4.00. The summed E-state index contributed by atoms with van der Waals surface area (Å²) >= 11 is 0. The molecule has 0 N–H and O–H groups in total. The van der Waals surface area contributed by atoms with Crippen LogP contribution in [0.25, 0.3) is 0 Å². The van der Waals surface area contributed by atoms with Crippen molar-refractivity contribution >= 4 is 5.91 Å². The number of likely N-dealkylation sites (tertiary alicyclic amines) is 1. The third-order valence-electron chi connectivity index (χ3n) is 3.83. The molecule has 0 aromatic carbocycles. The van der Waals surface area contributed by atoms with Gasteiger partial charge in [0.1, 0.15) is 12.6 Å². The molecule has 0 radical (unpaired) electrons. The third-order valence-corrected chi connectivity index (χ3v) is 3.83. The Morgan fingerprint density at radius 1 is 1.28 bits per heavy atom. The van der Waals surface area contributed by atoms with Crippen LogP contribution in [0.5, 0.6) is 0 Å². The van der Waals surface area contributed by atoms with Gasteiger partial charge in [-0.1, -0.05) is 13.8 Å². The second kappa shape index (κ2) is 5.51. The summed E-state index contributed by atoms with van der Waals surface area (Å²) in [6.45, 7) is 6.11. The zero-order chi connectivity index (χ0) is 13.1. The molecule has 0 aliphatic carbocycles. The first-order valence-corrected chi connectivity index (χ1v) is 6.98. The van der Waals surface area contributed by atoms with Gasteiger partial charge in [0, 0.05) is 25.6 Å². The molecule has 18 heavy (non-hydrogen) atoms. The Labute approximate surface area is 109 Å². The summed E-state index contributed by atoms with van der Waals surface area (Å²) in [5, 5.41) is 0. The molecular weight excluding hydrogens is 224 g/mol. The Bertz CT molecular complexity index is 448. The number of pyridine rings is 1. The van der Waals surface area contributed by atoms with Gasteiger partial charge in [-0.2, -0.15) is 0 Å². The number of hydrogen-bond donors (Lipinski definition) is 0. The summed E-state index contributed by atoms with van der Waals surface area (Å²) in [6, 6.07) is 2.18. The van der Waals surface area contributed by atoms with Crippen LogP contribution in [0.4, 0.5) is 0 Å².